The lowest BCUT2D eigenvalue weighted by molar-refractivity contribution is -0.119. The van der Waals surface area contributed by atoms with Gasteiger partial charge in [-0.3, -0.25) is 9.79 Å². The van der Waals surface area contributed by atoms with Gasteiger partial charge in [-0.2, -0.15) is 0 Å². The van der Waals surface area contributed by atoms with Crippen molar-refractivity contribution in [3.05, 3.63) is 59.7 Å². The van der Waals surface area contributed by atoms with Gasteiger partial charge in [0.1, 0.15) is 0 Å². The molecule has 0 saturated heterocycles. The molecule has 0 spiro atoms. The zero-order valence-corrected chi connectivity index (χ0v) is 18.9. The van der Waals surface area contributed by atoms with Crippen LogP contribution < -0.4 is 25.4 Å². The average molecular weight is 427 g/mol. The molecule has 31 heavy (non-hydrogen) atoms. The normalized spacial score (nSPS) is 12.1. The zero-order valence-electron chi connectivity index (χ0n) is 18.9. The van der Waals surface area contributed by atoms with Gasteiger partial charge in [0.05, 0.1) is 25.8 Å². The van der Waals surface area contributed by atoms with Crippen LogP contribution in [-0.4, -0.2) is 45.2 Å². The molecule has 2 aromatic rings. The van der Waals surface area contributed by atoms with Gasteiger partial charge in [-0.15, -0.1) is 0 Å². The van der Waals surface area contributed by atoms with Crippen LogP contribution in [0.15, 0.2) is 53.5 Å². The second kappa shape index (κ2) is 13.2. The smallest absolute Gasteiger partial charge is 0.239 e. The van der Waals surface area contributed by atoms with E-state index < -0.39 is 0 Å². The highest BCUT2D eigenvalue weighted by atomic mass is 16.5. The summed E-state index contributed by atoms with van der Waals surface area (Å²) in [5.74, 6) is 1.93. The molecule has 168 valence electrons. The molecule has 1 amide bonds. The number of amides is 1. The molecule has 0 aromatic heterocycles. The Labute approximate surface area is 185 Å². The molecule has 0 bridgehead atoms. The van der Waals surface area contributed by atoms with Crippen molar-refractivity contribution in [2.24, 2.45) is 4.99 Å². The molecule has 1 unspecified atom stereocenters. The van der Waals surface area contributed by atoms with Crippen molar-refractivity contribution in [3.8, 4) is 11.5 Å². The molecule has 0 aliphatic heterocycles. The fourth-order valence-electron chi connectivity index (χ4n) is 3.04. The van der Waals surface area contributed by atoms with E-state index in [1.165, 1.54) is 5.56 Å². The van der Waals surface area contributed by atoms with E-state index in [1.807, 2.05) is 57.2 Å². The maximum absolute atomic E-state index is 12.1. The number of nitrogens with zero attached hydrogens (tertiary/aromatic N) is 1. The van der Waals surface area contributed by atoms with Gasteiger partial charge in [-0.05, 0) is 50.5 Å². The van der Waals surface area contributed by atoms with Crippen molar-refractivity contribution in [1.29, 1.82) is 0 Å². The van der Waals surface area contributed by atoms with Gasteiger partial charge >= 0.3 is 0 Å². The number of benzene rings is 2. The van der Waals surface area contributed by atoms with E-state index in [4.69, 9.17) is 9.47 Å². The largest absolute Gasteiger partial charge is 0.490 e. The summed E-state index contributed by atoms with van der Waals surface area (Å²) in [5.41, 5.74) is 2.23. The maximum Gasteiger partial charge on any atom is 0.239 e. The fourth-order valence-corrected chi connectivity index (χ4v) is 3.04. The Morgan fingerprint density at radius 1 is 1.00 bits per heavy atom. The van der Waals surface area contributed by atoms with Crippen LogP contribution in [0.5, 0.6) is 11.5 Å². The van der Waals surface area contributed by atoms with E-state index in [0.717, 1.165) is 23.5 Å². The Hall–Kier alpha value is -3.22. The predicted octanol–water partition coefficient (Wildman–Crippen LogP) is 3.07. The minimum atomic E-state index is -0.0776. The third-order valence-electron chi connectivity index (χ3n) is 4.64. The standard InChI is InChI=1S/C24H34N4O3/c1-5-30-21-13-12-20(16-22(21)31-6-2)18(3)28-24(25-4)27-17-23(29)26-15-14-19-10-8-7-9-11-19/h7-13,16,18H,5-6,14-15,17H2,1-4H3,(H,26,29)(H2,25,27,28). The van der Waals surface area contributed by atoms with Crippen molar-refractivity contribution in [3.63, 3.8) is 0 Å². The number of aliphatic imine (C=N–C) groups is 1. The van der Waals surface area contributed by atoms with E-state index in [-0.39, 0.29) is 18.5 Å². The lowest BCUT2D eigenvalue weighted by Gasteiger charge is -2.20. The number of carbonyl (C=O) groups is 1. The topological polar surface area (TPSA) is 84.0 Å². The first-order valence-corrected chi connectivity index (χ1v) is 10.7. The van der Waals surface area contributed by atoms with Crippen molar-refractivity contribution in [2.75, 3.05) is 33.4 Å². The summed E-state index contributed by atoms with van der Waals surface area (Å²) in [7, 11) is 1.68. The summed E-state index contributed by atoms with van der Waals surface area (Å²) < 4.78 is 11.3. The summed E-state index contributed by atoms with van der Waals surface area (Å²) in [6.45, 7) is 7.80. The van der Waals surface area contributed by atoms with Gasteiger partial charge < -0.3 is 25.4 Å². The summed E-state index contributed by atoms with van der Waals surface area (Å²) in [6, 6.07) is 15.9. The Bertz CT molecular complexity index is 840. The van der Waals surface area contributed by atoms with E-state index in [0.29, 0.717) is 25.7 Å². The SMILES string of the molecule is CCOc1ccc(C(C)NC(=NC)NCC(=O)NCCc2ccccc2)cc1OCC. The van der Waals surface area contributed by atoms with Gasteiger partial charge in [-0.25, -0.2) is 0 Å². The number of nitrogens with one attached hydrogen (secondary N) is 3. The van der Waals surface area contributed by atoms with Crippen molar-refractivity contribution in [2.45, 2.75) is 33.2 Å². The minimum absolute atomic E-state index is 0.0396. The molecule has 2 rings (SSSR count). The molecular formula is C24H34N4O3. The highest BCUT2D eigenvalue weighted by molar-refractivity contribution is 5.86. The van der Waals surface area contributed by atoms with Gasteiger partial charge in [0.25, 0.3) is 0 Å². The molecule has 2 aromatic carbocycles. The molecule has 7 heteroatoms. The van der Waals surface area contributed by atoms with E-state index in [9.17, 15) is 4.79 Å². The summed E-state index contributed by atoms with van der Waals surface area (Å²) >= 11 is 0. The highest BCUT2D eigenvalue weighted by Gasteiger charge is 2.13. The lowest BCUT2D eigenvalue weighted by Crippen LogP contribution is -2.44. The Morgan fingerprint density at radius 3 is 2.39 bits per heavy atom. The van der Waals surface area contributed by atoms with E-state index >= 15 is 0 Å². The van der Waals surface area contributed by atoms with Crippen LogP contribution in [0.1, 0.15) is 37.9 Å². The molecule has 0 aliphatic carbocycles. The van der Waals surface area contributed by atoms with Crippen LogP contribution in [0.4, 0.5) is 0 Å². The third-order valence-corrected chi connectivity index (χ3v) is 4.64. The number of carbonyl (C=O) groups excluding carboxylic acids is 1. The first-order valence-electron chi connectivity index (χ1n) is 10.7. The predicted molar refractivity (Wildman–Crippen MR) is 125 cm³/mol. The Balaban J connectivity index is 1.83. The van der Waals surface area contributed by atoms with Crippen LogP contribution in [0.25, 0.3) is 0 Å². The third kappa shape index (κ3) is 8.20. The van der Waals surface area contributed by atoms with E-state index in [1.54, 1.807) is 7.05 Å². The monoisotopic (exact) mass is 426 g/mol. The van der Waals surface area contributed by atoms with Crippen LogP contribution in [-0.2, 0) is 11.2 Å². The second-order valence-corrected chi connectivity index (χ2v) is 6.95. The molecule has 0 radical (unpaired) electrons. The van der Waals surface area contributed by atoms with Crippen LogP contribution in [0.2, 0.25) is 0 Å². The zero-order chi connectivity index (χ0) is 22.5. The number of guanidine groups is 1. The van der Waals surface area contributed by atoms with Crippen molar-refractivity contribution < 1.29 is 14.3 Å². The maximum atomic E-state index is 12.1. The summed E-state index contributed by atoms with van der Waals surface area (Å²) in [5, 5.41) is 9.29. The first kappa shape index (κ1) is 24.1. The number of hydrogen-bond acceptors (Lipinski definition) is 4. The Morgan fingerprint density at radius 2 is 1.71 bits per heavy atom. The van der Waals surface area contributed by atoms with Crippen LogP contribution >= 0.6 is 0 Å². The second-order valence-electron chi connectivity index (χ2n) is 6.95. The number of rotatable bonds is 11. The van der Waals surface area contributed by atoms with Crippen LogP contribution in [0.3, 0.4) is 0 Å². The van der Waals surface area contributed by atoms with Gasteiger partial charge in [0, 0.05) is 13.6 Å². The molecule has 1 atom stereocenters. The van der Waals surface area contributed by atoms with Crippen molar-refractivity contribution in [1.82, 2.24) is 16.0 Å². The quantitative estimate of drug-likeness (QED) is 0.380. The minimum Gasteiger partial charge on any atom is -0.490 e. The fraction of sp³-hybridized carbons (Fsp3) is 0.417. The molecular weight excluding hydrogens is 392 g/mol. The average Bonchev–Trinajstić information content (AvgIpc) is 2.78. The molecule has 7 nitrogen and oxygen atoms in total. The molecule has 0 heterocycles. The molecule has 0 saturated carbocycles. The van der Waals surface area contributed by atoms with Crippen molar-refractivity contribution >= 4 is 11.9 Å². The molecule has 0 aliphatic rings. The Kier molecular flexibility index (Phi) is 10.2. The number of hydrogen-bond donors (Lipinski definition) is 3. The lowest BCUT2D eigenvalue weighted by atomic mass is 10.1. The summed E-state index contributed by atoms with van der Waals surface area (Å²) in [6.07, 6.45) is 0.802. The van der Waals surface area contributed by atoms with Gasteiger partial charge in [0.15, 0.2) is 17.5 Å². The van der Waals surface area contributed by atoms with Crippen LogP contribution in [0, 0.1) is 0 Å². The van der Waals surface area contributed by atoms with Gasteiger partial charge in [0.2, 0.25) is 5.91 Å². The molecule has 0 fully saturated rings. The number of ether oxygens (including phenoxy) is 2. The summed E-state index contributed by atoms with van der Waals surface area (Å²) in [4.78, 5) is 16.4. The highest BCUT2D eigenvalue weighted by Crippen LogP contribution is 2.30. The molecule has 3 N–H and O–H groups in total. The first-order chi connectivity index (χ1) is 15.1. The van der Waals surface area contributed by atoms with E-state index in [2.05, 4.69) is 33.1 Å². The van der Waals surface area contributed by atoms with Gasteiger partial charge in [-0.1, -0.05) is 36.4 Å².